The second kappa shape index (κ2) is 5.57. The van der Waals surface area contributed by atoms with Gasteiger partial charge in [-0.3, -0.25) is 0 Å². The van der Waals surface area contributed by atoms with E-state index >= 15 is 0 Å². The quantitative estimate of drug-likeness (QED) is 0.681. The van der Waals surface area contributed by atoms with Crippen molar-refractivity contribution in [3.8, 4) is 12.1 Å². The lowest BCUT2D eigenvalue weighted by Gasteiger charge is -2.20. The largest absolute Gasteiger partial charge is 0.458 e. The zero-order valence-corrected chi connectivity index (χ0v) is 9.67. The molecule has 0 bridgehead atoms. The minimum atomic E-state index is -5.70. The molecule has 1 aromatic rings. The van der Waals surface area contributed by atoms with Crippen molar-refractivity contribution in [1.29, 1.82) is 10.5 Å². The van der Waals surface area contributed by atoms with Gasteiger partial charge >= 0.3 is 12.1 Å². The number of allylic oxidation sites excluding steroid dienone is 1. The molecule has 0 unspecified atom stereocenters. The van der Waals surface area contributed by atoms with Crippen LogP contribution in [-0.4, -0.2) is 6.18 Å². The van der Waals surface area contributed by atoms with Crippen molar-refractivity contribution >= 4 is 5.69 Å². The highest BCUT2D eigenvalue weighted by molar-refractivity contribution is 5.51. The van der Waals surface area contributed by atoms with E-state index in [1.54, 1.807) is 0 Å². The molecule has 0 heterocycles. The van der Waals surface area contributed by atoms with E-state index in [2.05, 4.69) is 5.32 Å². The highest BCUT2D eigenvalue weighted by atomic mass is 19.4. The summed E-state index contributed by atoms with van der Waals surface area (Å²) in [5.74, 6) is -4.98. The summed E-state index contributed by atoms with van der Waals surface area (Å²) in [6.07, 6.45) is -4.79. The van der Waals surface area contributed by atoms with E-state index in [0.29, 0.717) is 12.1 Å². The Morgan fingerprint density at radius 3 is 2.20 bits per heavy atom. The number of hydrogen-bond acceptors (Lipinski definition) is 3. The van der Waals surface area contributed by atoms with Crippen LogP contribution in [0.5, 0.6) is 0 Å². The predicted octanol–water partition coefficient (Wildman–Crippen LogP) is 3.68. The molecule has 0 amide bonds. The third kappa shape index (κ3) is 3.23. The van der Waals surface area contributed by atoms with E-state index in [1.165, 1.54) is 18.2 Å². The van der Waals surface area contributed by atoms with Crippen molar-refractivity contribution in [3.63, 3.8) is 0 Å². The molecule has 0 aliphatic heterocycles. The summed E-state index contributed by atoms with van der Waals surface area (Å²) in [6, 6.07) is 6.46. The SMILES string of the molecule is N#CC(C#N)=CNc1cccc(C(F)(F)C(F)(F)F)c1. The van der Waals surface area contributed by atoms with Gasteiger partial charge in [0.15, 0.2) is 0 Å². The molecule has 0 aromatic heterocycles. The third-order valence-corrected chi connectivity index (χ3v) is 2.21. The number of anilines is 1. The lowest BCUT2D eigenvalue weighted by molar-refractivity contribution is -0.289. The molecule has 0 saturated heterocycles. The fourth-order valence-electron chi connectivity index (χ4n) is 1.21. The molecule has 1 N–H and O–H groups in total. The molecule has 8 heteroatoms. The van der Waals surface area contributed by atoms with Crippen molar-refractivity contribution in [3.05, 3.63) is 41.6 Å². The Kier molecular flexibility index (Phi) is 4.31. The van der Waals surface area contributed by atoms with Crippen LogP contribution in [0.1, 0.15) is 5.56 Å². The van der Waals surface area contributed by atoms with Crippen LogP contribution < -0.4 is 5.32 Å². The number of nitrogens with one attached hydrogen (secondary N) is 1. The molecule has 20 heavy (non-hydrogen) atoms. The van der Waals surface area contributed by atoms with Gasteiger partial charge in [-0.25, -0.2) is 0 Å². The minimum absolute atomic E-state index is 0.102. The van der Waals surface area contributed by atoms with Gasteiger partial charge in [-0.1, -0.05) is 12.1 Å². The normalized spacial score (nSPS) is 11.2. The summed E-state index contributed by atoms with van der Waals surface area (Å²) in [6.45, 7) is 0. The molecular formula is C12H6F5N3. The highest BCUT2D eigenvalue weighted by Gasteiger charge is 2.58. The third-order valence-electron chi connectivity index (χ3n) is 2.21. The fraction of sp³-hybridized carbons (Fsp3) is 0.167. The van der Waals surface area contributed by atoms with Crippen molar-refractivity contribution in [1.82, 2.24) is 0 Å². The molecule has 104 valence electrons. The molecule has 0 radical (unpaired) electrons. The number of halogens is 5. The Labute approximate surface area is 110 Å². The molecular weight excluding hydrogens is 281 g/mol. The van der Waals surface area contributed by atoms with Gasteiger partial charge in [0, 0.05) is 17.5 Å². The minimum Gasteiger partial charge on any atom is -0.360 e. The van der Waals surface area contributed by atoms with Crippen LogP contribution in [0.25, 0.3) is 0 Å². The van der Waals surface area contributed by atoms with Gasteiger partial charge in [-0.2, -0.15) is 32.5 Å². The van der Waals surface area contributed by atoms with Crippen molar-refractivity contribution in [2.24, 2.45) is 0 Å². The van der Waals surface area contributed by atoms with E-state index in [4.69, 9.17) is 10.5 Å². The summed E-state index contributed by atoms with van der Waals surface area (Å²) < 4.78 is 62.8. The molecule has 1 rings (SSSR count). The number of nitriles is 2. The topological polar surface area (TPSA) is 59.6 Å². The van der Waals surface area contributed by atoms with E-state index in [-0.39, 0.29) is 11.3 Å². The first-order valence-corrected chi connectivity index (χ1v) is 5.04. The van der Waals surface area contributed by atoms with Crippen LogP contribution in [0.3, 0.4) is 0 Å². The zero-order chi connectivity index (χ0) is 15.4. The summed E-state index contributed by atoms with van der Waals surface area (Å²) in [7, 11) is 0. The summed E-state index contributed by atoms with van der Waals surface area (Å²) in [5, 5.41) is 19.2. The van der Waals surface area contributed by atoms with Crippen LogP contribution in [-0.2, 0) is 5.92 Å². The first kappa shape index (κ1) is 15.4. The Bertz CT molecular complexity index is 589. The molecule has 0 aliphatic rings. The average molecular weight is 287 g/mol. The number of hydrogen-bond donors (Lipinski definition) is 1. The van der Waals surface area contributed by atoms with E-state index in [9.17, 15) is 22.0 Å². The smallest absolute Gasteiger partial charge is 0.360 e. The van der Waals surface area contributed by atoms with Crippen molar-refractivity contribution in [2.45, 2.75) is 12.1 Å². The van der Waals surface area contributed by atoms with Gasteiger partial charge < -0.3 is 5.32 Å². The standard InChI is InChI=1S/C12H6F5N3/c13-11(14,12(15,16)17)9-2-1-3-10(4-9)20-7-8(5-18)6-19/h1-4,7,20H. The molecule has 3 nitrogen and oxygen atoms in total. The van der Waals surface area contributed by atoms with Crippen molar-refractivity contribution in [2.75, 3.05) is 5.32 Å². The van der Waals surface area contributed by atoms with Gasteiger partial charge in [0.1, 0.15) is 17.7 Å². The second-order valence-electron chi connectivity index (χ2n) is 3.58. The maximum Gasteiger partial charge on any atom is 0.458 e. The number of nitrogens with zero attached hydrogens (tertiary/aromatic N) is 2. The van der Waals surface area contributed by atoms with Crippen LogP contribution in [0, 0.1) is 22.7 Å². The fourth-order valence-corrected chi connectivity index (χ4v) is 1.21. The summed E-state index contributed by atoms with van der Waals surface area (Å²) in [5.41, 5.74) is -1.69. The van der Waals surface area contributed by atoms with Gasteiger partial charge in [-0.15, -0.1) is 0 Å². The zero-order valence-electron chi connectivity index (χ0n) is 9.67. The molecule has 0 atom stereocenters. The maximum absolute atomic E-state index is 13.1. The Morgan fingerprint density at radius 1 is 1.10 bits per heavy atom. The number of benzene rings is 1. The van der Waals surface area contributed by atoms with E-state index in [1.807, 2.05) is 0 Å². The summed E-state index contributed by atoms with van der Waals surface area (Å²) >= 11 is 0. The lowest BCUT2D eigenvalue weighted by atomic mass is 10.1. The molecule has 1 aromatic carbocycles. The number of alkyl halides is 5. The van der Waals surface area contributed by atoms with Gasteiger partial charge in [0.25, 0.3) is 0 Å². The lowest BCUT2D eigenvalue weighted by Crippen LogP contribution is -2.33. The van der Waals surface area contributed by atoms with Gasteiger partial charge in [-0.05, 0) is 12.1 Å². The Hall–Kier alpha value is -2.61. The highest BCUT2D eigenvalue weighted by Crippen LogP contribution is 2.44. The Balaban J connectivity index is 3.08. The first-order chi connectivity index (χ1) is 9.22. The Morgan fingerprint density at radius 2 is 1.70 bits per heavy atom. The second-order valence-corrected chi connectivity index (χ2v) is 3.58. The van der Waals surface area contributed by atoms with E-state index in [0.717, 1.165) is 12.3 Å². The van der Waals surface area contributed by atoms with E-state index < -0.39 is 17.7 Å². The number of rotatable bonds is 3. The van der Waals surface area contributed by atoms with Crippen LogP contribution in [0.15, 0.2) is 36.0 Å². The molecule has 0 aliphatic carbocycles. The van der Waals surface area contributed by atoms with Crippen LogP contribution in [0.4, 0.5) is 27.6 Å². The average Bonchev–Trinajstić information content (AvgIpc) is 2.39. The van der Waals surface area contributed by atoms with Crippen molar-refractivity contribution < 1.29 is 22.0 Å². The molecule has 0 fully saturated rings. The molecule has 0 spiro atoms. The maximum atomic E-state index is 13.1. The van der Waals surface area contributed by atoms with Crippen LogP contribution in [0.2, 0.25) is 0 Å². The summed E-state index contributed by atoms with van der Waals surface area (Å²) in [4.78, 5) is 0. The van der Waals surface area contributed by atoms with Gasteiger partial charge in [0.2, 0.25) is 0 Å². The molecule has 0 saturated carbocycles. The first-order valence-electron chi connectivity index (χ1n) is 5.04. The van der Waals surface area contributed by atoms with Gasteiger partial charge in [0.05, 0.1) is 0 Å². The predicted molar refractivity (Wildman–Crippen MR) is 59.3 cm³/mol. The van der Waals surface area contributed by atoms with Crippen LogP contribution >= 0.6 is 0 Å². The monoisotopic (exact) mass is 287 g/mol.